The van der Waals surface area contributed by atoms with Gasteiger partial charge in [-0.25, -0.2) is 4.98 Å². The van der Waals surface area contributed by atoms with E-state index in [1.165, 1.54) is 51.4 Å². The standard InChI is InChI=1S/C25H34ClN5O4/c1-2-35-23(34)25-11-15(25)18(19(32)20(25)33)31-12-27-17-21(29-24(26)30-22(17)31)28-16(13-7-3-4-8-13)14-9-5-6-10-14/h12-16,18-20,32-33H,2-11H2,1H3,(H,28,29,30)/t15-,18-,19+,20+,25+/m1/s1. The summed E-state index contributed by atoms with van der Waals surface area (Å²) in [7, 11) is 0. The Morgan fingerprint density at radius 3 is 2.49 bits per heavy atom. The van der Waals surface area contributed by atoms with E-state index in [4.69, 9.17) is 16.3 Å². The van der Waals surface area contributed by atoms with Gasteiger partial charge in [0.2, 0.25) is 5.28 Å². The van der Waals surface area contributed by atoms with Gasteiger partial charge in [0.05, 0.1) is 25.1 Å². The molecular weight excluding hydrogens is 470 g/mol. The molecule has 3 N–H and O–H groups in total. The van der Waals surface area contributed by atoms with Crippen molar-refractivity contribution in [2.24, 2.45) is 23.2 Å². The minimum atomic E-state index is -1.20. The minimum Gasteiger partial charge on any atom is -0.465 e. The van der Waals surface area contributed by atoms with E-state index in [9.17, 15) is 15.0 Å². The number of nitrogens with one attached hydrogen (secondary N) is 1. The van der Waals surface area contributed by atoms with Crippen LogP contribution >= 0.6 is 11.6 Å². The fraction of sp³-hybridized carbons (Fsp3) is 0.760. The van der Waals surface area contributed by atoms with Gasteiger partial charge in [-0.2, -0.15) is 9.97 Å². The normalized spacial score (nSPS) is 33.1. The Hall–Kier alpha value is -1.97. The van der Waals surface area contributed by atoms with Gasteiger partial charge in [0, 0.05) is 12.0 Å². The van der Waals surface area contributed by atoms with Crippen LogP contribution in [0.25, 0.3) is 11.2 Å². The molecule has 35 heavy (non-hydrogen) atoms. The summed E-state index contributed by atoms with van der Waals surface area (Å²) >= 11 is 6.40. The van der Waals surface area contributed by atoms with Crippen molar-refractivity contribution in [2.75, 3.05) is 11.9 Å². The van der Waals surface area contributed by atoms with E-state index in [0.717, 1.165) is 0 Å². The minimum absolute atomic E-state index is 0.110. The number of fused-ring (bicyclic) bond motifs is 2. The maximum Gasteiger partial charge on any atom is 0.315 e. The molecule has 0 amide bonds. The Morgan fingerprint density at radius 1 is 1.20 bits per heavy atom. The number of nitrogens with zero attached hydrogens (tertiary/aromatic N) is 4. The average Bonchev–Trinajstić information content (AvgIpc) is 3.36. The SMILES string of the molecule is CCOC(=O)[C@@]12C[C@@H]1[C@@H](n1cnc3c(NC(C4CCCC4)C4CCCC4)nc(Cl)nc31)[C@H](O)[C@@H]2O. The zero-order valence-electron chi connectivity index (χ0n) is 20.1. The molecule has 2 aromatic rings. The molecule has 2 aromatic heterocycles. The second-order valence-electron chi connectivity index (χ2n) is 10.9. The highest BCUT2D eigenvalue weighted by Crippen LogP contribution is 2.68. The van der Waals surface area contributed by atoms with Crippen molar-refractivity contribution in [3.05, 3.63) is 11.6 Å². The molecular formula is C25H34ClN5O4. The maximum atomic E-state index is 12.6. The number of aliphatic hydroxyl groups excluding tert-OH is 2. The zero-order chi connectivity index (χ0) is 24.3. The molecule has 5 atom stereocenters. The van der Waals surface area contributed by atoms with Crippen molar-refractivity contribution < 1.29 is 19.7 Å². The lowest BCUT2D eigenvalue weighted by atomic mass is 9.86. The molecule has 4 aliphatic carbocycles. The topological polar surface area (TPSA) is 122 Å². The number of hydrogen-bond acceptors (Lipinski definition) is 8. The first kappa shape index (κ1) is 23.4. The first-order valence-electron chi connectivity index (χ1n) is 13.2. The van der Waals surface area contributed by atoms with Crippen LogP contribution in [0.4, 0.5) is 5.82 Å². The highest BCUT2D eigenvalue weighted by molar-refractivity contribution is 6.28. The molecule has 0 aliphatic heterocycles. The Bertz CT molecular complexity index is 1100. The van der Waals surface area contributed by atoms with Crippen molar-refractivity contribution in [3.63, 3.8) is 0 Å². The fourth-order valence-corrected chi connectivity index (χ4v) is 7.56. The lowest BCUT2D eigenvalue weighted by Gasteiger charge is -2.30. The van der Waals surface area contributed by atoms with Crippen LogP contribution in [0.5, 0.6) is 0 Å². The number of hydrogen-bond donors (Lipinski definition) is 3. The van der Waals surface area contributed by atoms with Gasteiger partial charge in [0.15, 0.2) is 17.0 Å². The van der Waals surface area contributed by atoms with Crippen molar-refractivity contribution in [2.45, 2.75) is 89.0 Å². The molecule has 0 spiro atoms. The molecule has 6 rings (SSSR count). The summed E-state index contributed by atoms with van der Waals surface area (Å²) in [5.74, 6) is 1.16. The van der Waals surface area contributed by atoms with E-state index in [1.807, 2.05) is 0 Å². The Morgan fingerprint density at radius 2 is 1.86 bits per heavy atom. The van der Waals surface area contributed by atoms with E-state index in [1.54, 1.807) is 17.8 Å². The largest absolute Gasteiger partial charge is 0.465 e. The molecule has 4 saturated carbocycles. The summed E-state index contributed by atoms with van der Waals surface area (Å²) < 4.78 is 6.99. The lowest BCUT2D eigenvalue weighted by molar-refractivity contribution is -0.156. The summed E-state index contributed by atoms with van der Waals surface area (Å²) in [5.41, 5.74) is 0.0447. The van der Waals surface area contributed by atoms with Crippen molar-refractivity contribution in [1.82, 2.24) is 19.5 Å². The summed E-state index contributed by atoms with van der Waals surface area (Å²) in [6.07, 6.45) is 9.77. The Labute approximate surface area is 209 Å². The van der Waals surface area contributed by atoms with Gasteiger partial charge in [0.25, 0.3) is 0 Å². The average molecular weight is 504 g/mol. The van der Waals surface area contributed by atoms with Gasteiger partial charge >= 0.3 is 5.97 Å². The number of carbonyl (C=O) groups is 1. The summed E-state index contributed by atoms with van der Waals surface area (Å²) in [5, 5.41) is 25.6. The first-order chi connectivity index (χ1) is 17.0. The van der Waals surface area contributed by atoms with E-state index in [0.29, 0.717) is 41.3 Å². The highest BCUT2D eigenvalue weighted by atomic mass is 35.5. The molecule has 0 radical (unpaired) electrons. The third kappa shape index (κ3) is 3.64. The second kappa shape index (κ2) is 8.85. The Kier molecular flexibility index (Phi) is 5.92. The van der Waals surface area contributed by atoms with E-state index >= 15 is 0 Å². The first-order valence-corrected chi connectivity index (χ1v) is 13.5. The molecule has 0 bridgehead atoms. The van der Waals surface area contributed by atoms with Gasteiger partial charge in [-0.15, -0.1) is 0 Å². The maximum absolute atomic E-state index is 12.6. The molecule has 10 heteroatoms. The molecule has 0 aromatic carbocycles. The highest BCUT2D eigenvalue weighted by Gasteiger charge is 2.76. The molecule has 2 heterocycles. The lowest BCUT2D eigenvalue weighted by Crippen LogP contribution is -2.38. The molecule has 0 unspecified atom stereocenters. The zero-order valence-corrected chi connectivity index (χ0v) is 20.8. The number of imidazole rings is 1. The van der Waals surface area contributed by atoms with Crippen molar-refractivity contribution in [1.29, 1.82) is 0 Å². The number of aromatic nitrogens is 4. The van der Waals surface area contributed by atoms with Crippen molar-refractivity contribution >= 4 is 34.6 Å². The second-order valence-corrected chi connectivity index (χ2v) is 11.3. The summed E-state index contributed by atoms with van der Waals surface area (Å²) in [6, 6.07) is -0.211. The van der Waals surface area contributed by atoms with E-state index in [2.05, 4.69) is 20.3 Å². The van der Waals surface area contributed by atoms with Gasteiger partial charge in [0.1, 0.15) is 11.5 Å². The predicted molar refractivity (Wildman–Crippen MR) is 130 cm³/mol. The van der Waals surface area contributed by atoms with E-state index < -0.39 is 29.6 Å². The van der Waals surface area contributed by atoms with E-state index in [-0.39, 0.29) is 17.8 Å². The van der Waals surface area contributed by atoms with Gasteiger partial charge < -0.3 is 24.8 Å². The van der Waals surface area contributed by atoms with Crippen LogP contribution in [-0.4, -0.2) is 60.6 Å². The Balaban J connectivity index is 1.34. The molecule has 0 saturated heterocycles. The van der Waals surface area contributed by atoms with Crippen LogP contribution in [0.3, 0.4) is 0 Å². The van der Waals surface area contributed by atoms with Gasteiger partial charge in [-0.3, -0.25) is 4.79 Å². The van der Waals surface area contributed by atoms with Crippen LogP contribution in [-0.2, 0) is 9.53 Å². The third-order valence-electron chi connectivity index (χ3n) is 9.16. The van der Waals surface area contributed by atoms with Crippen LogP contribution < -0.4 is 5.32 Å². The number of ether oxygens (including phenoxy) is 1. The van der Waals surface area contributed by atoms with Gasteiger partial charge in [-0.1, -0.05) is 25.7 Å². The molecule has 9 nitrogen and oxygen atoms in total. The van der Waals surface area contributed by atoms with Crippen LogP contribution in [0.15, 0.2) is 6.33 Å². The number of aliphatic hydroxyl groups is 2. The van der Waals surface area contributed by atoms with Crippen molar-refractivity contribution in [3.8, 4) is 0 Å². The predicted octanol–water partition coefficient (Wildman–Crippen LogP) is 3.49. The smallest absolute Gasteiger partial charge is 0.315 e. The molecule has 4 fully saturated rings. The number of anilines is 1. The summed E-state index contributed by atoms with van der Waals surface area (Å²) in [4.78, 5) is 26.3. The number of rotatable bonds is 7. The van der Waals surface area contributed by atoms with Crippen LogP contribution in [0, 0.1) is 23.2 Å². The quantitative estimate of drug-likeness (QED) is 0.387. The number of esters is 1. The molecule has 190 valence electrons. The fourth-order valence-electron chi connectivity index (χ4n) is 7.40. The monoisotopic (exact) mass is 503 g/mol. The number of halogens is 1. The van der Waals surface area contributed by atoms with Crippen LogP contribution in [0.1, 0.15) is 70.8 Å². The third-order valence-corrected chi connectivity index (χ3v) is 9.33. The summed E-state index contributed by atoms with van der Waals surface area (Å²) in [6.45, 7) is 1.97. The molecule has 4 aliphatic rings. The van der Waals surface area contributed by atoms with Crippen LogP contribution in [0.2, 0.25) is 5.28 Å². The van der Waals surface area contributed by atoms with Gasteiger partial charge in [-0.05, 0) is 62.5 Å². The number of carbonyl (C=O) groups excluding carboxylic acids is 1.